The summed E-state index contributed by atoms with van der Waals surface area (Å²) in [4.78, 5) is 0.301. The van der Waals surface area contributed by atoms with Crippen LogP contribution in [0.5, 0.6) is 0 Å². The standard InChI is InChI=1S/C15H26N2O3S/c1-5-14(11-20-4)17-21(18,19)15-8-7-12(3)13(9-15)10-16-6-2/h7-9,14,16-17H,5-6,10-11H2,1-4H3. The minimum absolute atomic E-state index is 0.210. The van der Waals surface area contributed by atoms with Crippen molar-refractivity contribution in [1.82, 2.24) is 10.0 Å². The van der Waals surface area contributed by atoms with Gasteiger partial charge in [-0.2, -0.15) is 0 Å². The summed E-state index contributed by atoms with van der Waals surface area (Å²) in [5.74, 6) is 0. The maximum Gasteiger partial charge on any atom is 0.240 e. The Morgan fingerprint density at radius 2 is 2.00 bits per heavy atom. The van der Waals surface area contributed by atoms with Crippen molar-refractivity contribution in [3.63, 3.8) is 0 Å². The highest BCUT2D eigenvalue weighted by Gasteiger charge is 2.19. The lowest BCUT2D eigenvalue weighted by Gasteiger charge is -2.17. The molecule has 0 aliphatic rings. The van der Waals surface area contributed by atoms with Crippen LogP contribution in [-0.4, -0.2) is 34.7 Å². The first-order chi connectivity index (χ1) is 9.94. The van der Waals surface area contributed by atoms with E-state index in [-0.39, 0.29) is 6.04 Å². The molecule has 1 atom stereocenters. The Morgan fingerprint density at radius 3 is 2.57 bits per heavy atom. The highest BCUT2D eigenvalue weighted by Crippen LogP contribution is 2.16. The van der Waals surface area contributed by atoms with Crippen LogP contribution in [0.1, 0.15) is 31.4 Å². The number of methoxy groups -OCH3 is 1. The van der Waals surface area contributed by atoms with Crippen LogP contribution in [0.2, 0.25) is 0 Å². The number of hydrogen-bond acceptors (Lipinski definition) is 4. The van der Waals surface area contributed by atoms with Gasteiger partial charge in [-0.3, -0.25) is 0 Å². The average molecular weight is 314 g/mol. The molecular formula is C15H26N2O3S. The predicted molar refractivity (Wildman–Crippen MR) is 84.8 cm³/mol. The first-order valence-corrected chi connectivity index (χ1v) is 8.74. The van der Waals surface area contributed by atoms with E-state index in [1.165, 1.54) is 0 Å². The van der Waals surface area contributed by atoms with Crippen LogP contribution < -0.4 is 10.0 Å². The molecule has 2 N–H and O–H groups in total. The summed E-state index contributed by atoms with van der Waals surface area (Å²) in [6, 6.07) is 5.02. The summed E-state index contributed by atoms with van der Waals surface area (Å²) < 4.78 is 32.6. The fourth-order valence-corrected chi connectivity index (χ4v) is 3.34. The number of aryl methyl sites for hydroxylation is 1. The monoisotopic (exact) mass is 314 g/mol. The Hall–Kier alpha value is -0.950. The molecular weight excluding hydrogens is 288 g/mol. The molecule has 0 saturated heterocycles. The Bertz CT molecular complexity index is 544. The minimum Gasteiger partial charge on any atom is -0.383 e. The lowest BCUT2D eigenvalue weighted by atomic mass is 10.1. The molecule has 0 heterocycles. The molecule has 0 aliphatic carbocycles. The van der Waals surface area contributed by atoms with Crippen molar-refractivity contribution < 1.29 is 13.2 Å². The lowest BCUT2D eigenvalue weighted by molar-refractivity contribution is 0.173. The topological polar surface area (TPSA) is 67.4 Å². The number of hydrogen-bond donors (Lipinski definition) is 2. The highest BCUT2D eigenvalue weighted by molar-refractivity contribution is 7.89. The molecule has 1 rings (SSSR count). The second-order valence-corrected chi connectivity index (χ2v) is 6.76. The summed E-state index contributed by atoms with van der Waals surface area (Å²) >= 11 is 0. The van der Waals surface area contributed by atoms with Gasteiger partial charge in [0.2, 0.25) is 10.0 Å². The lowest BCUT2D eigenvalue weighted by Crippen LogP contribution is -2.37. The maximum atomic E-state index is 12.4. The molecule has 120 valence electrons. The smallest absolute Gasteiger partial charge is 0.240 e. The molecule has 0 fully saturated rings. The molecule has 0 saturated carbocycles. The molecule has 21 heavy (non-hydrogen) atoms. The van der Waals surface area contributed by atoms with E-state index in [1.54, 1.807) is 19.2 Å². The summed E-state index contributed by atoms with van der Waals surface area (Å²) in [5, 5.41) is 3.22. The van der Waals surface area contributed by atoms with Gasteiger partial charge in [0.25, 0.3) is 0 Å². The van der Waals surface area contributed by atoms with Gasteiger partial charge >= 0.3 is 0 Å². The molecule has 5 nitrogen and oxygen atoms in total. The molecule has 0 spiro atoms. The van der Waals surface area contributed by atoms with Crippen LogP contribution in [0.15, 0.2) is 23.1 Å². The van der Waals surface area contributed by atoms with E-state index in [0.29, 0.717) is 24.5 Å². The normalized spacial score (nSPS) is 13.3. The molecule has 6 heteroatoms. The maximum absolute atomic E-state index is 12.4. The van der Waals surface area contributed by atoms with Crippen molar-refractivity contribution in [3.05, 3.63) is 29.3 Å². The van der Waals surface area contributed by atoms with Gasteiger partial charge in [0.15, 0.2) is 0 Å². The molecule has 0 aromatic heterocycles. The number of rotatable bonds is 9. The van der Waals surface area contributed by atoms with Gasteiger partial charge < -0.3 is 10.1 Å². The van der Waals surface area contributed by atoms with E-state index in [4.69, 9.17) is 4.74 Å². The second-order valence-electron chi connectivity index (χ2n) is 5.05. The molecule has 1 unspecified atom stereocenters. The van der Waals surface area contributed by atoms with Crippen molar-refractivity contribution in [3.8, 4) is 0 Å². The first-order valence-electron chi connectivity index (χ1n) is 7.26. The molecule has 0 bridgehead atoms. The van der Waals surface area contributed by atoms with E-state index in [1.807, 2.05) is 26.8 Å². The van der Waals surface area contributed by atoms with Crippen molar-refractivity contribution in [1.29, 1.82) is 0 Å². The Balaban J connectivity index is 2.97. The average Bonchev–Trinajstić information content (AvgIpc) is 2.45. The van der Waals surface area contributed by atoms with Gasteiger partial charge in [0.1, 0.15) is 0 Å². The van der Waals surface area contributed by atoms with E-state index in [2.05, 4.69) is 10.0 Å². The van der Waals surface area contributed by atoms with Gasteiger partial charge in [-0.25, -0.2) is 13.1 Å². The fourth-order valence-electron chi connectivity index (χ4n) is 1.99. The molecule has 1 aromatic carbocycles. The second kappa shape index (κ2) is 8.48. The Morgan fingerprint density at radius 1 is 1.29 bits per heavy atom. The van der Waals surface area contributed by atoms with Crippen molar-refractivity contribution in [2.24, 2.45) is 0 Å². The number of benzene rings is 1. The SMILES string of the molecule is CCNCc1cc(S(=O)(=O)NC(CC)COC)ccc1C. The largest absolute Gasteiger partial charge is 0.383 e. The summed E-state index contributed by atoms with van der Waals surface area (Å²) in [7, 11) is -1.95. The summed E-state index contributed by atoms with van der Waals surface area (Å²) in [6.45, 7) is 7.81. The molecule has 0 aliphatic heterocycles. The van der Waals surface area contributed by atoms with Crippen LogP contribution in [0.4, 0.5) is 0 Å². The summed E-state index contributed by atoms with van der Waals surface area (Å²) in [6.07, 6.45) is 0.684. The third-order valence-corrected chi connectivity index (χ3v) is 4.90. The van der Waals surface area contributed by atoms with E-state index >= 15 is 0 Å². The number of sulfonamides is 1. The van der Waals surface area contributed by atoms with E-state index in [9.17, 15) is 8.42 Å². The van der Waals surface area contributed by atoms with Crippen LogP contribution in [0.25, 0.3) is 0 Å². The minimum atomic E-state index is -3.52. The van der Waals surface area contributed by atoms with Crippen LogP contribution >= 0.6 is 0 Å². The zero-order chi connectivity index (χ0) is 15.9. The Kier molecular flexibility index (Phi) is 7.31. The van der Waals surface area contributed by atoms with Crippen molar-refractivity contribution in [2.45, 2.75) is 44.7 Å². The van der Waals surface area contributed by atoms with Gasteiger partial charge in [-0.05, 0) is 43.1 Å². The third-order valence-electron chi connectivity index (χ3n) is 3.38. The van der Waals surface area contributed by atoms with Gasteiger partial charge in [-0.15, -0.1) is 0 Å². The van der Waals surface area contributed by atoms with E-state index in [0.717, 1.165) is 17.7 Å². The number of ether oxygens (including phenoxy) is 1. The first kappa shape index (κ1) is 18.1. The predicted octanol–water partition coefficient (Wildman–Crippen LogP) is 1.81. The zero-order valence-electron chi connectivity index (χ0n) is 13.3. The molecule has 0 radical (unpaired) electrons. The zero-order valence-corrected chi connectivity index (χ0v) is 14.1. The van der Waals surface area contributed by atoms with Gasteiger partial charge in [0, 0.05) is 19.7 Å². The fraction of sp³-hybridized carbons (Fsp3) is 0.600. The van der Waals surface area contributed by atoms with Gasteiger partial charge in [0.05, 0.1) is 11.5 Å². The van der Waals surface area contributed by atoms with Gasteiger partial charge in [-0.1, -0.05) is 19.9 Å². The Labute approximate surface area is 128 Å². The van der Waals surface area contributed by atoms with Crippen molar-refractivity contribution >= 4 is 10.0 Å². The van der Waals surface area contributed by atoms with E-state index < -0.39 is 10.0 Å². The van der Waals surface area contributed by atoms with Crippen molar-refractivity contribution in [2.75, 3.05) is 20.3 Å². The third kappa shape index (κ3) is 5.39. The summed E-state index contributed by atoms with van der Waals surface area (Å²) in [5.41, 5.74) is 2.08. The quantitative estimate of drug-likeness (QED) is 0.729. The molecule has 1 aromatic rings. The van der Waals surface area contributed by atoms with Crippen LogP contribution in [0.3, 0.4) is 0 Å². The van der Waals surface area contributed by atoms with Crippen LogP contribution in [-0.2, 0) is 21.3 Å². The molecule has 0 amide bonds. The number of nitrogens with one attached hydrogen (secondary N) is 2. The van der Waals surface area contributed by atoms with Crippen LogP contribution in [0, 0.1) is 6.92 Å². The highest BCUT2D eigenvalue weighted by atomic mass is 32.2.